The molecule has 1 saturated heterocycles. The lowest BCUT2D eigenvalue weighted by molar-refractivity contribution is -0.384. The Morgan fingerprint density at radius 3 is 2.76 bits per heavy atom. The molecular weight excluding hydrogens is 520 g/mol. The molecule has 0 saturated carbocycles. The van der Waals surface area contributed by atoms with Gasteiger partial charge >= 0.3 is 5.91 Å². The molecule has 0 aliphatic carbocycles. The molecule has 12 heteroatoms. The highest BCUT2D eigenvalue weighted by Crippen LogP contribution is 2.44. The van der Waals surface area contributed by atoms with Crippen molar-refractivity contribution < 1.29 is 24.4 Å². The normalized spacial score (nSPS) is 16.9. The molecule has 1 N–H and O–H groups in total. The number of aliphatic hydroxyl groups is 1. The van der Waals surface area contributed by atoms with Gasteiger partial charge in [0.05, 0.1) is 38.4 Å². The fourth-order valence-electron chi connectivity index (χ4n) is 4.07. The van der Waals surface area contributed by atoms with Gasteiger partial charge in [-0.25, -0.2) is 4.98 Å². The fourth-order valence-corrected chi connectivity index (χ4v) is 5.27. The van der Waals surface area contributed by atoms with Gasteiger partial charge in [-0.3, -0.25) is 29.6 Å². The number of benzene rings is 2. The Balaban J connectivity index is 1.69. The molecule has 1 aliphatic rings. The zero-order valence-electron chi connectivity index (χ0n) is 19.1. The maximum Gasteiger partial charge on any atom is 0.301 e. The van der Waals surface area contributed by atoms with E-state index < -0.39 is 28.4 Å². The first-order valence-corrected chi connectivity index (χ1v) is 12.2. The van der Waals surface area contributed by atoms with Crippen molar-refractivity contribution in [1.82, 2.24) is 9.97 Å². The van der Waals surface area contributed by atoms with Crippen LogP contribution in [0, 0.1) is 10.1 Å². The van der Waals surface area contributed by atoms with Gasteiger partial charge in [0.1, 0.15) is 11.5 Å². The smallest absolute Gasteiger partial charge is 0.301 e. The number of halogens is 1. The van der Waals surface area contributed by atoms with E-state index >= 15 is 0 Å². The minimum atomic E-state index is -1.05. The Hall–Kier alpha value is -4.35. The molecule has 0 bridgehead atoms. The van der Waals surface area contributed by atoms with Crippen LogP contribution in [0.25, 0.3) is 16.0 Å². The molecular formula is C25H17ClN4O6S. The Labute approximate surface area is 218 Å². The number of hydrogen-bond donors (Lipinski definition) is 1. The molecule has 1 fully saturated rings. The number of non-ortho nitro benzene ring substituents is 1. The van der Waals surface area contributed by atoms with E-state index in [9.17, 15) is 24.8 Å². The summed E-state index contributed by atoms with van der Waals surface area (Å²) in [4.78, 5) is 47.1. The van der Waals surface area contributed by atoms with Crippen LogP contribution in [0.1, 0.15) is 24.1 Å². The highest BCUT2D eigenvalue weighted by Gasteiger charge is 2.48. The number of pyridine rings is 1. The lowest BCUT2D eigenvalue weighted by Gasteiger charge is -2.22. The number of rotatable bonds is 6. The summed E-state index contributed by atoms with van der Waals surface area (Å²) >= 11 is 7.21. The number of aliphatic hydroxyl groups excluding tert-OH is 1. The number of nitrogens with zero attached hydrogens (tertiary/aromatic N) is 4. The first-order chi connectivity index (χ1) is 17.8. The van der Waals surface area contributed by atoms with Crippen LogP contribution in [0.3, 0.4) is 0 Å². The van der Waals surface area contributed by atoms with Crippen LogP contribution in [-0.4, -0.2) is 38.3 Å². The lowest BCUT2D eigenvalue weighted by atomic mass is 9.96. The number of nitro benzene ring substituents is 1. The Morgan fingerprint density at radius 2 is 2.05 bits per heavy atom. The number of carbonyl (C=O) groups is 2. The lowest BCUT2D eigenvalue weighted by Crippen LogP contribution is -2.29. The van der Waals surface area contributed by atoms with E-state index in [-0.39, 0.29) is 22.0 Å². The molecule has 2 aromatic heterocycles. The molecule has 37 heavy (non-hydrogen) atoms. The van der Waals surface area contributed by atoms with Gasteiger partial charge in [-0.15, -0.1) is 0 Å². The molecule has 1 aliphatic heterocycles. The summed E-state index contributed by atoms with van der Waals surface area (Å²) in [7, 11) is 0. The predicted octanol–water partition coefficient (Wildman–Crippen LogP) is 5.28. The molecule has 1 atom stereocenters. The molecule has 10 nitrogen and oxygen atoms in total. The molecule has 1 unspecified atom stereocenters. The van der Waals surface area contributed by atoms with Crippen molar-refractivity contribution in [2.24, 2.45) is 0 Å². The summed E-state index contributed by atoms with van der Waals surface area (Å²) in [6, 6.07) is 11.0. The summed E-state index contributed by atoms with van der Waals surface area (Å²) < 4.78 is 5.97. The summed E-state index contributed by atoms with van der Waals surface area (Å²) in [5, 5.41) is 23.0. The zero-order chi connectivity index (χ0) is 26.3. The van der Waals surface area contributed by atoms with Crippen molar-refractivity contribution >= 4 is 61.4 Å². The van der Waals surface area contributed by atoms with E-state index in [1.807, 2.05) is 0 Å². The summed E-state index contributed by atoms with van der Waals surface area (Å²) in [5.74, 6) is -1.91. The number of ether oxygens (including phenoxy) is 1. The monoisotopic (exact) mass is 536 g/mol. The van der Waals surface area contributed by atoms with Crippen LogP contribution in [0.2, 0.25) is 5.02 Å². The van der Waals surface area contributed by atoms with Gasteiger partial charge in [0.2, 0.25) is 0 Å². The number of Topliss-reactive ketones (excluding diaryl/α,β-unsaturated/α-hetero) is 1. The van der Waals surface area contributed by atoms with Crippen LogP contribution in [0.5, 0.6) is 5.75 Å². The van der Waals surface area contributed by atoms with E-state index in [2.05, 4.69) is 9.97 Å². The second-order valence-electron chi connectivity index (χ2n) is 7.94. The van der Waals surface area contributed by atoms with Gasteiger partial charge in [0.25, 0.3) is 11.5 Å². The summed E-state index contributed by atoms with van der Waals surface area (Å²) in [6.45, 7) is 2.11. The van der Waals surface area contributed by atoms with Crippen LogP contribution in [-0.2, 0) is 9.59 Å². The maximum absolute atomic E-state index is 13.3. The number of nitro groups is 1. The Morgan fingerprint density at radius 1 is 1.24 bits per heavy atom. The van der Waals surface area contributed by atoms with Gasteiger partial charge < -0.3 is 9.84 Å². The topological polar surface area (TPSA) is 136 Å². The van der Waals surface area contributed by atoms with Gasteiger partial charge in [-0.2, -0.15) is 0 Å². The van der Waals surface area contributed by atoms with E-state index in [0.29, 0.717) is 33.2 Å². The third-order valence-corrected chi connectivity index (χ3v) is 7.06. The number of aromatic nitrogens is 2. The molecule has 186 valence electrons. The van der Waals surface area contributed by atoms with Gasteiger partial charge in [0, 0.05) is 30.1 Å². The van der Waals surface area contributed by atoms with Crippen LogP contribution in [0.4, 0.5) is 10.8 Å². The van der Waals surface area contributed by atoms with Crippen molar-refractivity contribution in [3.8, 4) is 5.75 Å². The molecule has 4 aromatic rings. The number of thiazole rings is 1. The number of hydrogen-bond acceptors (Lipinski definition) is 9. The second-order valence-corrected chi connectivity index (χ2v) is 9.36. The van der Waals surface area contributed by atoms with Crippen LogP contribution < -0.4 is 9.64 Å². The Bertz CT molecular complexity index is 1600. The van der Waals surface area contributed by atoms with E-state index in [1.54, 1.807) is 25.3 Å². The van der Waals surface area contributed by atoms with Crippen LogP contribution in [0.15, 0.2) is 66.5 Å². The van der Waals surface area contributed by atoms with Gasteiger partial charge in [-0.05, 0) is 42.8 Å². The molecule has 0 radical (unpaired) electrons. The van der Waals surface area contributed by atoms with Crippen molar-refractivity contribution in [2.45, 2.75) is 13.0 Å². The van der Waals surface area contributed by atoms with E-state index in [1.165, 1.54) is 47.5 Å². The molecule has 0 spiro atoms. The highest BCUT2D eigenvalue weighted by molar-refractivity contribution is 7.22. The molecule has 2 aromatic carbocycles. The van der Waals surface area contributed by atoms with Gasteiger partial charge in [-0.1, -0.05) is 29.0 Å². The molecule has 1 amide bonds. The SMILES string of the molecule is CCOc1cc(/C(O)=C2\C(=O)C(=O)N(c3nc4ccc([N+](=O)[O-])cc4s3)C2c2cccnc2)ccc1Cl. The maximum atomic E-state index is 13.3. The first-order valence-electron chi connectivity index (χ1n) is 11.0. The standard InChI is InChI=1S/C25H17ClN4O6S/c1-2-36-18-10-13(5-7-16(18)26)22(31)20-21(14-4-3-9-27-12-14)29(24(33)23(20)32)25-28-17-8-6-15(30(34)35)11-19(17)37-25/h3-12,21,31H,2H2,1H3/b22-20+. The number of anilines is 1. The van der Waals surface area contributed by atoms with E-state index in [0.717, 1.165) is 11.3 Å². The van der Waals surface area contributed by atoms with Gasteiger partial charge in [0.15, 0.2) is 5.13 Å². The third kappa shape index (κ3) is 4.28. The quantitative estimate of drug-likeness (QED) is 0.116. The minimum absolute atomic E-state index is 0.124. The number of carbonyl (C=O) groups excluding carboxylic acids is 2. The molecule has 5 rings (SSSR count). The number of fused-ring (bicyclic) bond motifs is 1. The second kappa shape index (κ2) is 9.60. The number of ketones is 1. The largest absolute Gasteiger partial charge is 0.507 e. The molecule has 3 heterocycles. The average molecular weight is 537 g/mol. The van der Waals surface area contributed by atoms with E-state index in [4.69, 9.17) is 16.3 Å². The Kier molecular flexibility index (Phi) is 6.32. The third-order valence-electron chi connectivity index (χ3n) is 5.73. The van der Waals surface area contributed by atoms with Crippen molar-refractivity contribution in [2.75, 3.05) is 11.5 Å². The average Bonchev–Trinajstić information content (AvgIpc) is 3.43. The fraction of sp³-hybridized carbons (Fsp3) is 0.120. The first kappa shape index (κ1) is 24.3. The van der Waals surface area contributed by atoms with Crippen molar-refractivity contribution in [1.29, 1.82) is 0 Å². The summed E-state index contributed by atoms with van der Waals surface area (Å²) in [5.41, 5.74) is 0.845. The van der Waals surface area contributed by atoms with Crippen molar-refractivity contribution in [3.63, 3.8) is 0 Å². The minimum Gasteiger partial charge on any atom is -0.507 e. The zero-order valence-corrected chi connectivity index (χ0v) is 20.7. The van der Waals surface area contributed by atoms with Crippen LogP contribution >= 0.6 is 22.9 Å². The van der Waals surface area contributed by atoms with Crippen molar-refractivity contribution in [3.05, 3.63) is 92.8 Å². The predicted molar refractivity (Wildman–Crippen MR) is 138 cm³/mol. The highest BCUT2D eigenvalue weighted by atomic mass is 35.5. The summed E-state index contributed by atoms with van der Waals surface area (Å²) in [6.07, 6.45) is 3.03. The number of amides is 1.